The van der Waals surface area contributed by atoms with Gasteiger partial charge in [-0.15, -0.1) is 0 Å². The third-order valence-electron chi connectivity index (χ3n) is 5.62. The van der Waals surface area contributed by atoms with Crippen molar-refractivity contribution < 1.29 is 14.3 Å². The van der Waals surface area contributed by atoms with Gasteiger partial charge >= 0.3 is 0 Å². The van der Waals surface area contributed by atoms with Crippen molar-refractivity contribution in [3.8, 4) is 5.75 Å². The highest BCUT2D eigenvalue weighted by molar-refractivity contribution is 5.99. The maximum absolute atomic E-state index is 13.1. The van der Waals surface area contributed by atoms with Gasteiger partial charge in [0, 0.05) is 24.6 Å². The smallest absolute Gasteiger partial charge is 0.253 e. The minimum absolute atomic E-state index is 0.0440. The first kappa shape index (κ1) is 20.6. The minimum Gasteiger partial charge on any atom is -0.489 e. The van der Waals surface area contributed by atoms with Crippen molar-refractivity contribution in [1.82, 2.24) is 9.88 Å². The lowest BCUT2D eigenvalue weighted by atomic mass is 9.80. The number of hydrogen-bond donors (Lipinski definition) is 1. The molecule has 1 fully saturated rings. The van der Waals surface area contributed by atoms with Crippen LogP contribution >= 0.6 is 0 Å². The van der Waals surface area contributed by atoms with Crippen LogP contribution in [0, 0.1) is 6.92 Å². The van der Waals surface area contributed by atoms with Crippen molar-refractivity contribution in [2.75, 3.05) is 0 Å². The number of hydrogen-bond acceptors (Lipinski definition) is 4. The molecule has 158 valence electrons. The molecule has 0 radical (unpaired) electrons. The topological polar surface area (TPSA) is 77.4 Å². The van der Waals surface area contributed by atoms with Crippen LogP contribution in [-0.2, 0) is 28.3 Å². The molecule has 2 aromatic carbocycles. The van der Waals surface area contributed by atoms with Gasteiger partial charge in [-0.25, -0.2) is 0 Å². The number of rotatable bonds is 6. The Hall–Kier alpha value is -3.67. The summed E-state index contributed by atoms with van der Waals surface area (Å²) in [5, 5.41) is 2.88. The largest absolute Gasteiger partial charge is 0.489 e. The summed E-state index contributed by atoms with van der Waals surface area (Å²) in [7, 11) is 0. The third kappa shape index (κ3) is 4.28. The highest BCUT2D eigenvalue weighted by Crippen LogP contribution is 2.31. The quantitative estimate of drug-likeness (QED) is 0.670. The van der Waals surface area contributed by atoms with E-state index in [1.54, 1.807) is 49.5 Å². The number of nitrogens with one attached hydrogen (secondary N) is 1. The van der Waals surface area contributed by atoms with Gasteiger partial charge in [-0.05, 0) is 36.2 Å². The average molecular weight is 416 g/mol. The van der Waals surface area contributed by atoms with Crippen molar-refractivity contribution in [2.24, 2.45) is 0 Å². The van der Waals surface area contributed by atoms with E-state index in [2.05, 4.69) is 5.32 Å². The van der Waals surface area contributed by atoms with Crippen molar-refractivity contribution >= 4 is 11.7 Å². The van der Waals surface area contributed by atoms with E-state index < -0.39 is 5.54 Å². The zero-order chi connectivity index (χ0) is 21.8. The highest BCUT2D eigenvalue weighted by atomic mass is 16.5. The first-order valence-electron chi connectivity index (χ1n) is 10.3. The number of aromatic nitrogens is 1. The Kier molecular flexibility index (Phi) is 5.71. The van der Waals surface area contributed by atoms with Crippen LogP contribution < -0.4 is 15.6 Å². The fourth-order valence-electron chi connectivity index (χ4n) is 3.88. The predicted octanol–water partition coefficient (Wildman–Crippen LogP) is 3.11. The van der Waals surface area contributed by atoms with E-state index in [4.69, 9.17) is 4.74 Å². The summed E-state index contributed by atoms with van der Waals surface area (Å²) in [6.45, 7) is 2.20. The molecule has 1 aromatic heterocycles. The molecule has 0 spiro atoms. The highest BCUT2D eigenvalue weighted by Gasteiger charge is 2.44. The lowest BCUT2D eigenvalue weighted by Crippen LogP contribution is -2.58. The molecule has 2 heterocycles. The summed E-state index contributed by atoms with van der Waals surface area (Å²) < 4.78 is 7.33. The van der Waals surface area contributed by atoms with Gasteiger partial charge in [0.25, 0.3) is 5.56 Å². The van der Waals surface area contributed by atoms with E-state index in [0.717, 1.165) is 5.56 Å². The van der Waals surface area contributed by atoms with Gasteiger partial charge in [-0.3, -0.25) is 14.4 Å². The van der Waals surface area contributed by atoms with E-state index in [0.29, 0.717) is 23.5 Å². The maximum atomic E-state index is 13.1. The second-order valence-electron chi connectivity index (χ2n) is 7.80. The maximum Gasteiger partial charge on any atom is 0.253 e. The Balaban J connectivity index is 1.64. The van der Waals surface area contributed by atoms with Crippen LogP contribution in [-0.4, -0.2) is 16.3 Å². The van der Waals surface area contributed by atoms with Crippen LogP contribution in [0.4, 0.5) is 0 Å². The van der Waals surface area contributed by atoms with E-state index in [-0.39, 0.29) is 36.6 Å². The lowest BCUT2D eigenvalue weighted by Gasteiger charge is -2.37. The number of piperidine rings is 1. The van der Waals surface area contributed by atoms with Crippen molar-refractivity contribution in [1.29, 1.82) is 0 Å². The van der Waals surface area contributed by atoms with Crippen molar-refractivity contribution in [3.05, 3.63) is 100.0 Å². The molecule has 1 aliphatic rings. The zero-order valence-corrected chi connectivity index (χ0v) is 17.3. The number of aryl methyl sites for hydroxylation is 1. The Morgan fingerprint density at radius 2 is 1.68 bits per heavy atom. The van der Waals surface area contributed by atoms with Crippen LogP contribution in [0.2, 0.25) is 0 Å². The fourth-order valence-corrected chi connectivity index (χ4v) is 3.88. The second-order valence-corrected chi connectivity index (χ2v) is 7.80. The number of Topliss-reactive ketones (excluding diaryl/α,β-unsaturated/α-hetero) is 1. The summed E-state index contributed by atoms with van der Waals surface area (Å²) in [6.07, 6.45) is 1.93. The third-order valence-corrected chi connectivity index (χ3v) is 5.62. The normalized spacial score (nSPS) is 18.5. The first-order valence-corrected chi connectivity index (χ1v) is 10.3. The van der Waals surface area contributed by atoms with Gasteiger partial charge in [0.15, 0.2) is 5.78 Å². The lowest BCUT2D eigenvalue weighted by molar-refractivity contribution is -0.138. The molecule has 1 aliphatic heterocycles. The summed E-state index contributed by atoms with van der Waals surface area (Å²) in [5.41, 5.74) is 0.794. The van der Waals surface area contributed by atoms with Gasteiger partial charge in [-0.2, -0.15) is 0 Å². The van der Waals surface area contributed by atoms with Gasteiger partial charge in [-0.1, -0.05) is 48.5 Å². The molecule has 6 nitrogen and oxygen atoms in total. The molecule has 6 heteroatoms. The molecule has 31 heavy (non-hydrogen) atoms. The van der Waals surface area contributed by atoms with Crippen LogP contribution in [0.5, 0.6) is 5.75 Å². The molecule has 1 atom stereocenters. The fraction of sp³-hybridized carbons (Fsp3) is 0.240. The molecule has 1 unspecified atom stereocenters. The number of benzene rings is 2. The van der Waals surface area contributed by atoms with Gasteiger partial charge in [0.05, 0.1) is 6.54 Å². The monoisotopic (exact) mass is 416 g/mol. The molecule has 0 saturated carbocycles. The van der Waals surface area contributed by atoms with E-state index >= 15 is 0 Å². The van der Waals surface area contributed by atoms with Gasteiger partial charge in [0.1, 0.15) is 17.9 Å². The van der Waals surface area contributed by atoms with Crippen LogP contribution in [0.15, 0.2) is 77.7 Å². The zero-order valence-electron chi connectivity index (χ0n) is 17.3. The summed E-state index contributed by atoms with van der Waals surface area (Å²) in [4.78, 5) is 38.0. The number of nitrogens with zero attached hydrogens (tertiary/aromatic N) is 1. The van der Waals surface area contributed by atoms with Crippen molar-refractivity contribution in [2.45, 2.75) is 38.5 Å². The Bertz CT molecular complexity index is 1150. The standard InChI is InChI=1S/C25H24N2O4/c1-18-6-5-15-27(24(18)30)17-25(22(28)13-14-23(29)26-25)20-9-11-21(12-10-20)31-16-19-7-3-2-4-8-19/h2-12,15H,13-14,16-17H2,1H3,(H,26,29). The van der Waals surface area contributed by atoms with Crippen LogP contribution in [0.1, 0.15) is 29.5 Å². The van der Waals surface area contributed by atoms with Gasteiger partial charge < -0.3 is 14.6 Å². The molecule has 1 saturated heterocycles. The molecule has 3 aromatic rings. The molecular weight excluding hydrogens is 392 g/mol. The summed E-state index contributed by atoms with van der Waals surface area (Å²) >= 11 is 0. The van der Waals surface area contributed by atoms with E-state index in [1.165, 1.54) is 4.57 Å². The Morgan fingerprint density at radius 1 is 0.935 bits per heavy atom. The molecule has 1 N–H and O–H groups in total. The molecular formula is C25H24N2O4. The molecule has 0 aliphatic carbocycles. The molecule has 4 rings (SSSR count). The van der Waals surface area contributed by atoms with E-state index in [1.807, 2.05) is 30.3 Å². The molecule has 0 bridgehead atoms. The number of ether oxygens (including phenoxy) is 1. The second kappa shape index (κ2) is 8.60. The number of amides is 1. The SMILES string of the molecule is Cc1cccn(CC2(c3ccc(OCc4ccccc4)cc3)NC(=O)CCC2=O)c1=O. The summed E-state index contributed by atoms with van der Waals surface area (Å²) in [5.74, 6) is 0.341. The number of carbonyl (C=O) groups excluding carboxylic acids is 2. The summed E-state index contributed by atoms with van der Waals surface area (Å²) in [6, 6.07) is 20.5. The van der Waals surface area contributed by atoms with Gasteiger partial charge in [0.2, 0.25) is 5.91 Å². The van der Waals surface area contributed by atoms with Crippen LogP contribution in [0.3, 0.4) is 0 Å². The average Bonchev–Trinajstić information content (AvgIpc) is 2.79. The number of carbonyl (C=O) groups is 2. The molecule has 1 amide bonds. The van der Waals surface area contributed by atoms with E-state index in [9.17, 15) is 14.4 Å². The van der Waals surface area contributed by atoms with Crippen LogP contribution in [0.25, 0.3) is 0 Å². The van der Waals surface area contributed by atoms with Crippen molar-refractivity contribution in [3.63, 3.8) is 0 Å². The predicted molar refractivity (Wildman–Crippen MR) is 117 cm³/mol. The number of pyridine rings is 1. The number of ketones is 1. The first-order chi connectivity index (χ1) is 15.0. The Labute approximate surface area is 180 Å². The Morgan fingerprint density at radius 3 is 2.42 bits per heavy atom. The minimum atomic E-state index is -1.29.